The molecule has 5 unspecified atom stereocenters. The molecule has 212 valence electrons. The van der Waals surface area contributed by atoms with Crippen LogP contribution in [0.3, 0.4) is 0 Å². The Morgan fingerprint density at radius 2 is 1.70 bits per heavy atom. The minimum absolute atomic E-state index is 0.120. The zero-order chi connectivity index (χ0) is 27.3. The monoisotopic (exact) mass is 543 g/mol. The van der Waals surface area contributed by atoms with Crippen LogP contribution in [0, 0.1) is 52.3 Å². The quantitative estimate of drug-likeness (QED) is 0.292. The lowest BCUT2D eigenvalue weighted by molar-refractivity contribution is -0.201. The Hall–Kier alpha value is -1.23. The molecule has 0 aliphatic heterocycles. The van der Waals surface area contributed by atoms with E-state index in [4.69, 9.17) is 4.55 Å². The van der Waals surface area contributed by atoms with Crippen molar-refractivity contribution in [2.45, 2.75) is 90.8 Å². The van der Waals surface area contributed by atoms with Crippen LogP contribution in [0.15, 0.2) is 0 Å². The number of rotatable bonds is 8. The largest absolute Gasteiger partial charge is 0.481 e. The first-order chi connectivity index (χ1) is 17.2. The normalized spacial score (nSPS) is 44.3. The minimum Gasteiger partial charge on any atom is -0.481 e. The van der Waals surface area contributed by atoms with Gasteiger partial charge in [-0.2, -0.15) is 8.42 Å². The maximum absolute atomic E-state index is 12.3. The average molecular weight is 544 g/mol. The van der Waals surface area contributed by atoms with Gasteiger partial charge in [0.05, 0.1) is 23.9 Å². The fourth-order valence-electron chi connectivity index (χ4n) is 9.60. The Bertz CT molecular complexity index is 987. The number of carbonyl (C=O) groups excluding carboxylic acids is 1. The number of carbonyl (C=O) groups is 2. The maximum atomic E-state index is 12.3. The smallest absolute Gasteiger partial charge is 0.307 e. The summed E-state index contributed by atoms with van der Waals surface area (Å²) in [6.45, 7) is 6.33. The third kappa shape index (κ3) is 5.20. The minimum atomic E-state index is -4.11. The number of nitrogens with one attached hydrogen (secondary N) is 1. The molecule has 5 N–H and O–H groups in total. The third-order valence-corrected chi connectivity index (χ3v) is 12.2. The lowest BCUT2D eigenvalue weighted by Gasteiger charge is -2.63. The first-order valence-electron chi connectivity index (χ1n) is 14.0. The second kappa shape index (κ2) is 10.4. The number of aliphatic carboxylic acids is 1. The molecule has 0 spiro atoms. The summed E-state index contributed by atoms with van der Waals surface area (Å²) in [5.41, 5.74) is -0.724. The van der Waals surface area contributed by atoms with Crippen LogP contribution in [0.25, 0.3) is 0 Å². The van der Waals surface area contributed by atoms with Crippen molar-refractivity contribution in [2.75, 3.05) is 12.3 Å². The number of fused-ring (bicyclic) bond motifs is 5. The van der Waals surface area contributed by atoms with Crippen LogP contribution in [-0.4, -0.2) is 64.7 Å². The summed E-state index contributed by atoms with van der Waals surface area (Å²) in [6.07, 6.45) is 5.18. The van der Waals surface area contributed by atoms with E-state index in [1.54, 1.807) is 0 Å². The van der Waals surface area contributed by atoms with Crippen LogP contribution < -0.4 is 5.32 Å². The van der Waals surface area contributed by atoms with Crippen LogP contribution in [0.4, 0.5) is 0 Å². The van der Waals surface area contributed by atoms with Crippen LogP contribution in [0.5, 0.6) is 0 Å². The Balaban J connectivity index is 1.46. The number of carboxylic acids is 1. The molecular weight excluding hydrogens is 498 g/mol. The van der Waals surface area contributed by atoms with E-state index in [1.165, 1.54) is 0 Å². The maximum Gasteiger partial charge on any atom is 0.307 e. The van der Waals surface area contributed by atoms with E-state index in [2.05, 4.69) is 26.1 Å². The highest BCUT2D eigenvalue weighted by Gasteiger charge is 2.66. The Morgan fingerprint density at radius 3 is 2.35 bits per heavy atom. The summed E-state index contributed by atoms with van der Waals surface area (Å²) in [5, 5.41) is 34.8. The highest BCUT2D eigenvalue weighted by molar-refractivity contribution is 7.85. The van der Waals surface area contributed by atoms with E-state index in [1.807, 2.05) is 0 Å². The van der Waals surface area contributed by atoms with Crippen LogP contribution >= 0.6 is 0 Å². The van der Waals surface area contributed by atoms with Gasteiger partial charge in [-0.25, -0.2) is 0 Å². The van der Waals surface area contributed by atoms with E-state index in [0.717, 1.165) is 25.7 Å². The summed E-state index contributed by atoms with van der Waals surface area (Å²) in [6, 6.07) is 0. The van der Waals surface area contributed by atoms with Gasteiger partial charge in [-0.05, 0) is 97.7 Å². The predicted molar refractivity (Wildman–Crippen MR) is 137 cm³/mol. The van der Waals surface area contributed by atoms with Crippen LogP contribution in [-0.2, 0) is 19.7 Å². The molecule has 4 rings (SSSR count). The Labute approximate surface area is 220 Å². The Kier molecular flexibility index (Phi) is 8.08. The molecule has 9 nitrogen and oxygen atoms in total. The fourth-order valence-corrected chi connectivity index (χ4v) is 9.96. The molecule has 4 fully saturated rings. The second-order valence-electron chi connectivity index (χ2n) is 13.0. The van der Waals surface area contributed by atoms with Crippen LogP contribution in [0.1, 0.15) is 78.6 Å². The summed E-state index contributed by atoms with van der Waals surface area (Å²) in [5.74, 6) is -0.809. The molecule has 0 radical (unpaired) electrons. The van der Waals surface area contributed by atoms with Gasteiger partial charge in [-0.3, -0.25) is 14.1 Å². The van der Waals surface area contributed by atoms with Gasteiger partial charge in [-0.1, -0.05) is 20.8 Å². The van der Waals surface area contributed by atoms with Crippen molar-refractivity contribution in [3.05, 3.63) is 0 Å². The highest BCUT2D eigenvalue weighted by atomic mass is 32.2. The molecule has 0 bridgehead atoms. The number of hydrogen-bond donors (Lipinski definition) is 5. The molecule has 1 amide bonds. The third-order valence-electron chi connectivity index (χ3n) is 11.5. The summed E-state index contributed by atoms with van der Waals surface area (Å²) < 4.78 is 30.5. The second-order valence-corrected chi connectivity index (χ2v) is 14.6. The first-order valence-corrected chi connectivity index (χ1v) is 15.6. The molecule has 4 saturated carbocycles. The predicted octanol–water partition coefficient (Wildman–Crippen LogP) is 2.71. The molecule has 10 heteroatoms. The topological polar surface area (TPSA) is 161 Å². The van der Waals surface area contributed by atoms with E-state index < -0.39 is 45.4 Å². The molecule has 0 aromatic carbocycles. The van der Waals surface area contributed by atoms with Crippen molar-refractivity contribution < 1.29 is 37.9 Å². The van der Waals surface area contributed by atoms with Crippen molar-refractivity contribution in [1.82, 2.24) is 5.32 Å². The summed E-state index contributed by atoms with van der Waals surface area (Å²) in [4.78, 5) is 24.6. The van der Waals surface area contributed by atoms with Crippen molar-refractivity contribution in [3.63, 3.8) is 0 Å². The van der Waals surface area contributed by atoms with Gasteiger partial charge in [0.15, 0.2) is 0 Å². The highest BCUT2D eigenvalue weighted by Crippen LogP contribution is 2.69. The molecule has 4 aliphatic rings. The SMILES string of the molecule is C[C@H](CCC(=O)NCCS(=O)(=O)O)[C@H]1CCC2C3CCC4C[C@H](O)CC(C(=O)O)[C@]4(C)C3C[C@H](O)[C@@]21C. The van der Waals surface area contributed by atoms with Gasteiger partial charge in [0.2, 0.25) is 5.91 Å². The molecular formula is C27H45NO8S. The average Bonchev–Trinajstić information content (AvgIpc) is 3.16. The van der Waals surface area contributed by atoms with Gasteiger partial charge >= 0.3 is 5.97 Å². The summed E-state index contributed by atoms with van der Waals surface area (Å²) >= 11 is 0. The lowest BCUT2D eigenvalue weighted by atomic mass is 9.41. The summed E-state index contributed by atoms with van der Waals surface area (Å²) in [7, 11) is -4.11. The molecule has 0 aromatic rings. The fraction of sp³-hybridized carbons (Fsp3) is 0.926. The van der Waals surface area contributed by atoms with E-state index in [-0.39, 0.29) is 54.4 Å². The molecule has 0 aromatic heterocycles. The Morgan fingerprint density at radius 1 is 1.00 bits per heavy atom. The molecule has 0 saturated heterocycles. The number of carboxylic acid groups (broad SMARTS) is 1. The van der Waals surface area contributed by atoms with Gasteiger partial charge in [0.1, 0.15) is 0 Å². The molecule has 4 aliphatic carbocycles. The van der Waals surface area contributed by atoms with Gasteiger partial charge in [0, 0.05) is 13.0 Å². The van der Waals surface area contributed by atoms with E-state index in [0.29, 0.717) is 31.1 Å². The number of aliphatic hydroxyl groups is 2. The van der Waals surface area contributed by atoms with Crippen molar-refractivity contribution in [1.29, 1.82) is 0 Å². The standard InChI is InChI=1S/C27H45NO8S/c1-15(4-9-24(31)28-10-11-37(34,35)36)19-7-8-20-18-6-5-16-12-17(29)13-22(25(32)33)26(16,2)21(18)14-23(30)27(19,20)3/h15-23,29-30H,4-14H2,1-3H3,(H,28,31)(H,32,33)(H,34,35,36)/t15-,16?,17+,18?,19-,20?,21?,22?,23+,26+,27-/m1/s1. The van der Waals surface area contributed by atoms with Gasteiger partial charge in [0.25, 0.3) is 10.1 Å². The van der Waals surface area contributed by atoms with Crippen LogP contribution in [0.2, 0.25) is 0 Å². The lowest BCUT2D eigenvalue weighted by Crippen LogP contribution is -2.62. The molecule has 11 atom stereocenters. The zero-order valence-electron chi connectivity index (χ0n) is 22.3. The van der Waals surface area contributed by atoms with Gasteiger partial charge in [-0.15, -0.1) is 0 Å². The number of aliphatic hydroxyl groups excluding tert-OH is 2. The van der Waals surface area contributed by atoms with Crippen molar-refractivity contribution in [3.8, 4) is 0 Å². The molecule has 0 heterocycles. The van der Waals surface area contributed by atoms with Crippen molar-refractivity contribution >= 4 is 22.0 Å². The number of amides is 1. The number of hydrogen-bond acceptors (Lipinski definition) is 6. The van der Waals surface area contributed by atoms with E-state index in [9.17, 15) is 33.3 Å². The zero-order valence-corrected chi connectivity index (χ0v) is 23.1. The van der Waals surface area contributed by atoms with Gasteiger partial charge < -0.3 is 20.6 Å². The van der Waals surface area contributed by atoms with E-state index >= 15 is 0 Å². The molecule has 37 heavy (non-hydrogen) atoms. The first kappa shape index (κ1) is 28.8. The van der Waals surface area contributed by atoms with Crippen molar-refractivity contribution in [2.24, 2.45) is 52.3 Å².